The molecule has 0 radical (unpaired) electrons. The lowest BCUT2D eigenvalue weighted by Gasteiger charge is -2.27. The molecule has 9 heteroatoms. The number of nitrogens with zero attached hydrogens (tertiary/aromatic N) is 1. The molecule has 0 saturated carbocycles. The molecular weight excluding hydrogens is 432 g/mol. The van der Waals surface area contributed by atoms with Gasteiger partial charge in [0.15, 0.2) is 11.5 Å². The van der Waals surface area contributed by atoms with E-state index in [1.165, 1.54) is 16.4 Å². The fourth-order valence-electron chi connectivity index (χ4n) is 3.59. The number of nitrogens with one attached hydrogen (secondary N) is 1. The third-order valence-corrected chi connectivity index (χ3v) is 7.12. The van der Waals surface area contributed by atoms with Gasteiger partial charge in [-0.1, -0.05) is 30.3 Å². The van der Waals surface area contributed by atoms with Crippen LogP contribution in [0, 0.1) is 0 Å². The first kappa shape index (κ1) is 20.5. The van der Waals surface area contributed by atoms with Gasteiger partial charge in [-0.15, -0.1) is 0 Å². The second kappa shape index (κ2) is 8.27. The molecule has 0 spiro atoms. The SMILES string of the molecule is O=C1Nc2ccccc2Oc2cc(Oc3ccccc3)c(S(=O)(=O)N3CCOCC3)cc21. The van der Waals surface area contributed by atoms with Gasteiger partial charge in [0.25, 0.3) is 5.91 Å². The van der Waals surface area contributed by atoms with Crippen molar-refractivity contribution in [1.29, 1.82) is 0 Å². The van der Waals surface area contributed by atoms with Gasteiger partial charge in [0, 0.05) is 19.2 Å². The highest BCUT2D eigenvalue weighted by Gasteiger charge is 2.33. The predicted molar refractivity (Wildman–Crippen MR) is 117 cm³/mol. The van der Waals surface area contributed by atoms with Crippen molar-refractivity contribution in [3.63, 3.8) is 0 Å². The summed E-state index contributed by atoms with van der Waals surface area (Å²) in [6.45, 7) is 1.05. The van der Waals surface area contributed by atoms with Crippen molar-refractivity contribution in [1.82, 2.24) is 4.31 Å². The van der Waals surface area contributed by atoms with Gasteiger partial charge in [-0.2, -0.15) is 4.31 Å². The number of benzene rings is 3. The molecule has 5 rings (SSSR count). The molecule has 164 valence electrons. The van der Waals surface area contributed by atoms with Crippen LogP contribution in [0.15, 0.2) is 71.6 Å². The van der Waals surface area contributed by atoms with Gasteiger partial charge in [0.2, 0.25) is 10.0 Å². The maximum absolute atomic E-state index is 13.5. The van der Waals surface area contributed by atoms with Gasteiger partial charge in [0.1, 0.15) is 16.4 Å². The number of hydrogen-bond donors (Lipinski definition) is 1. The Hall–Kier alpha value is -3.40. The normalized spacial score (nSPS) is 16.2. The summed E-state index contributed by atoms with van der Waals surface area (Å²) < 4.78 is 45.6. The molecule has 0 atom stereocenters. The van der Waals surface area contributed by atoms with Crippen LogP contribution in [0.1, 0.15) is 10.4 Å². The minimum absolute atomic E-state index is 0.0774. The topological polar surface area (TPSA) is 94.2 Å². The maximum Gasteiger partial charge on any atom is 0.259 e. The zero-order valence-electron chi connectivity index (χ0n) is 17.0. The van der Waals surface area contributed by atoms with Crippen LogP contribution in [0.4, 0.5) is 5.69 Å². The highest BCUT2D eigenvalue weighted by atomic mass is 32.2. The van der Waals surface area contributed by atoms with Gasteiger partial charge in [-0.05, 0) is 30.3 Å². The third-order valence-electron chi connectivity index (χ3n) is 5.20. The lowest BCUT2D eigenvalue weighted by Crippen LogP contribution is -2.40. The number of ether oxygens (including phenoxy) is 3. The number of anilines is 1. The molecule has 32 heavy (non-hydrogen) atoms. The Labute approximate surface area is 185 Å². The number of sulfonamides is 1. The average Bonchev–Trinajstić information content (AvgIpc) is 2.95. The van der Waals surface area contributed by atoms with E-state index in [1.807, 2.05) is 6.07 Å². The van der Waals surface area contributed by atoms with Crippen LogP contribution in [0.5, 0.6) is 23.0 Å². The van der Waals surface area contributed by atoms with Crippen molar-refractivity contribution in [2.45, 2.75) is 4.90 Å². The number of rotatable bonds is 4. The molecule has 1 saturated heterocycles. The highest BCUT2D eigenvalue weighted by Crippen LogP contribution is 2.41. The van der Waals surface area contributed by atoms with E-state index in [2.05, 4.69) is 5.32 Å². The van der Waals surface area contributed by atoms with Crippen LogP contribution in [0.2, 0.25) is 0 Å². The zero-order valence-corrected chi connectivity index (χ0v) is 17.8. The van der Waals surface area contributed by atoms with E-state index in [0.717, 1.165) is 0 Å². The van der Waals surface area contributed by atoms with Crippen molar-refractivity contribution in [2.24, 2.45) is 0 Å². The average molecular weight is 452 g/mol. The Bertz CT molecular complexity index is 1270. The number of morpholine rings is 1. The molecule has 1 amide bonds. The van der Waals surface area contributed by atoms with Gasteiger partial charge in [-0.25, -0.2) is 8.42 Å². The minimum Gasteiger partial charge on any atom is -0.456 e. The Balaban J connectivity index is 1.65. The van der Waals surface area contributed by atoms with Gasteiger partial charge in [0.05, 0.1) is 24.5 Å². The van der Waals surface area contributed by atoms with E-state index >= 15 is 0 Å². The molecule has 0 aliphatic carbocycles. The molecule has 0 aromatic heterocycles. The number of carbonyl (C=O) groups excluding carboxylic acids is 1. The van der Waals surface area contributed by atoms with Crippen molar-refractivity contribution >= 4 is 21.6 Å². The van der Waals surface area contributed by atoms with Crippen molar-refractivity contribution in [3.8, 4) is 23.0 Å². The number of hydrogen-bond acceptors (Lipinski definition) is 6. The van der Waals surface area contributed by atoms with E-state index in [0.29, 0.717) is 30.4 Å². The molecule has 2 aliphatic rings. The Morgan fingerprint density at radius 1 is 0.906 bits per heavy atom. The van der Waals surface area contributed by atoms with Crippen LogP contribution < -0.4 is 14.8 Å². The van der Waals surface area contributed by atoms with Crippen molar-refractivity contribution in [3.05, 3.63) is 72.3 Å². The Morgan fingerprint density at radius 2 is 1.62 bits per heavy atom. The van der Waals surface area contributed by atoms with E-state index in [-0.39, 0.29) is 35.0 Å². The summed E-state index contributed by atoms with van der Waals surface area (Å²) in [6.07, 6.45) is 0. The van der Waals surface area contributed by atoms with Crippen LogP contribution in [-0.4, -0.2) is 44.9 Å². The number of para-hydroxylation sites is 3. The molecule has 1 N–H and O–H groups in total. The number of carbonyl (C=O) groups is 1. The number of fused-ring (bicyclic) bond motifs is 2. The van der Waals surface area contributed by atoms with Crippen molar-refractivity contribution < 1.29 is 27.4 Å². The van der Waals surface area contributed by atoms with Crippen LogP contribution in [0.3, 0.4) is 0 Å². The number of amides is 1. The summed E-state index contributed by atoms with van der Waals surface area (Å²) in [5, 5.41) is 2.77. The van der Waals surface area contributed by atoms with Crippen LogP contribution >= 0.6 is 0 Å². The van der Waals surface area contributed by atoms with Gasteiger partial charge >= 0.3 is 0 Å². The molecule has 2 heterocycles. The lowest BCUT2D eigenvalue weighted by molar-refractivity contribution is 0.0729. The van der Waals surface area contributed by atoms with Crippen LogP contribution in [-0.2, 0) is 14.8 Å². The molecule has 3 aromatic rings. The van der Waals surface area contributed by atoms with E-state index in [1.54, 1.807) is 48.5 Å². The molecule has 0 unspecified atom stereocenters. The van der Waals surface area contributed by atoms with E-state index in [9.17, 15) is 13.2 Å². The quantitative estimate of drug-likeness (QED) is 0.646. The standard InChI is InChI=1S/C23H20N2O6S/c26-23-17-14-22(32(27,28)25-10-12-29-13-11-25)21(30-16-6-2-1-3-7-16)15-20(17)31-19-9-5-4-8-18(19)24-23/h1-9,14-15H,10-13H2,(H,24,26). The summed E-state index contributed by atoms with van der Waals surface area (Å²) in [5.41, 5.74) is 0.602. The van der Waals surface area contributed by atoms with Crippen molar-refractivity contribution in [2.75, 3.05) is 31.6 Å². The summed E-state index contributed by atoms with van der Waals surface area (Å²) in [5.74, 6) is 0.737. The molecule has 2 aliphatic heterocycles. The fourth-order valence-corrected chi connectivity index (χ4v) is 5.12. The van der Waals surface area contributed by atoms with Gasteiger partial charge in [-0.3, -0.25) is 4.79 Å². The summed E-state index contributed by atoms with van der Waals surface area (Å²) in [4.78, 5) is 12.8. The first-order valence-electron chi connectivity index (χ1n) is 10.1. The first-order valence-corrected chi connectivity index (χ1v) is 11.5. The second-order valence-corrected chi connectivity index (χ2v) is 9.19. The first-order chi connectivity index (χ1) is 15.5. The van der Waals surface area contributed by atoms with Crippen LogP contribution in [0.25, 0.3) is 0 Å². The maximum atomic E-state index is 13.5. The smallest absolute Gasteiger partial charge is 0.259 e. The Morgan fingerprint density at radius 3 is 2.41 bits per heavy atom. The summed E-state index contributed by atoms with van der Waals surface area (Å²) in [7, 11) is -3.96. The summed E-state index contributed by atoms with van der Waals surface area (Å²) >= 11 is 0. The minimum atomic E-state index is -3.96. The second-order valence-electron chi connectivity index (χ2n) is 7.28. The van der Waals surface area contributed by atoms with E-state index < -0.39 is 15.9 Å². The third kappa shape index (κ3) is 3.81. The largest absolute Gasteiger partial charge is 0.456 e. The lowest BCUT2D eigenvalue weighted by atomic mass is 10.1. The molecule has 8 nitrogen and oxygen atoms in total. The molecule has 0 bridgehead atoms. The fraction of sp³-hybridized carbons (Fsp3) is 0.174. The van der Waals surface area contributed by atoms with Gasteiger partial charge < -0.3 is 19.5 Å². The predicted octanol–water partition coefficient (Wildman–Crippen LogP) is 3.86. The Kier molecular flexibility index (Phi) is 5.30. The highest BCUT2D eigenvalue weighted by molar-refractivity contribution is 7.89. The monoisotopic (exact) mass is 452 g/mol. The zero-order chi connectivity index (χ0) is 22.1. The summed E-state index contributed by atoms with van der Waals surface area (Å²) in [6, 6.07) is 18.6. The van der Waals surface area contributed by atoms with E-state index in [4.69, 9.17) is 14.2 Å². The molecular formula is C23H20N2O6S. The molecule has 1 fully saturated rings. The molecule has 3 aromatic carbocycles.